The Bertz CT molecular complexity index is 1160. The summed E-state index contributed by atoms with van der Waals surface area (Å²) < 4.78 is 22.5. The van der Waals surface area contributed by atoms with Gasteiger partial charge in [0.25, 0.3) is 0 Å². The van der Waals surface area contributed by atoms with Gasteiger partial charge in [-0.3, -0.25) is 9.59 Å². The average molecular weight is 531 g/mol. The van der Waals surface area contributed by atoms with Gasteiger partial charge in [-0.25, -0.2) is 0 Å². The molecule has 0 spiro atoms. The summed E-state index contributed by atoms with van der Waals surface area (Å²) in [7, 11) is 0. The third kappa shape index (κ3) is 7.39. The summed E-state index contributed by atoms with van der Waals surface area (Å²) in [6.45, 7) is 4.01. The van der Waals surface area contributed by atoms with E-state index in [1.165, 1.54) is 0 Å². The molecule has 190 valence electrons. The van der Waals surface area contributed by atoms with Crippen LogP contribution in [0.3, 0.4) is 0 Å². The minimum Gasteiger partial charge on any atom is -0.485 e. The molecular weight excluding hydrogens is 503 g/mol. The van der Waals surface area contributed by atoms with Gasteiger partial charge in [0, 0.05) is 27.6 Å². The first kappa shape index (κ1) is 27.4. The third-order valence-electron chi connectivity index (χ3n) is 5.30. The van der Waals surface area contributed by atoms with Crippen LogP contribution in [0.5, 0.6) is 11.5 Å². The van der Waals surface area contributed by atoms with E-state index in [4.69, 9.17) is 42.1 Å². The number of rotatable bonds is 12. The monoisotopic (exact) mass is 530 g/mol. The van der Waals surface area contributed by atoms with Gasteiger partial charge < -0.3 is 18.9 Å². The summed E-state index contributed by atoms with van der Waals surface area (Å²) >= 11 is 12.6. The number of ether oxygens (including phenoxy) is 4. The van der Waals surface area contributed by atoms with E-state index in [9.17, 15) is 9.59 Å². The van der Waals surface area contributed by atoms with Crippen molar-refractivity contribution >= 4 is 35.1 Å². The van der Waals surface area contributed by atoms with Gasteiger partial charge in [0.1, 0.15) is 13.2 Å². The molecule has 0 atom stereocenters. The molecule has 0 N–H and O–H groups in total. The minimum absolute atomic E-state index is 0.0127. The van der Waals surface area contributed by atoms with Crippen LogP contribution in [0.4, 0.5) is 0 Å². The number of esters is 2. The van der Waals surface area contributed by atoms with E-state index in [2.05, 4.69) is 0 Å². The zero-order chi connectivity index (χ0) is 25.9. The molecule has 0 bridgehead atoms. The summed E-state index contributed by atoms with van der Waals surface area (Å²) in [6, 6.07) is 20.0. The predicted molar refractivity (Wildman–Crippen MR) is 138 cm³/mol. The summed E-state index contributed by atoms with van der Waals surface area (Å²) in [6.07, 6.45) is 0.0127. The first-order chi connectivity index (χ1) is 17.4. The Labute approximate surface area is 221 Å². The Morgan fingerprint density at radius 3 is 1.72 bits per heavy atom. The van der Waals surface area contributed by atoms with Crippen molar-refractivity contribution in [3.05, 3.63) is 93.5 Å². The topological polar surface area (TPSA) is 71.1 Å². The SMILES string of the molecule is CCOC(=O)C(Cc1cccc(OCc2ccccc2Cl)c1OCc1ccccc1Cl)C(=O)OCC. The van der Waals surface area contributed by atoms with E-state index >= 15 is 0 Å². The third-order valence-corrected chi connectivity index (χ3v) is 6.04. The van der Waals surface area contributed by atoms with Gasteiger partial charge in [-0.2, -0.15) is 0 Å². The summed E-state index contributed by atoms with van der Waals surface area (Å²) in [5.74, 6) is -1.63. The second-order valence-electron chi connectivity index (χ2n) is 7.77. The smallest absolute Gasteiger partial charge is 0.320 e. The molecule has 0 aliphatic rings. The van der Waals surface area contributed by atoms with Gasteiger partial charge in [0.2, 0.25) is 0 Å². The summed E-state index contributed by atoms with van der Waals surface area (Å²) in [4.78, 5) is 25.2. The van der Waals surface area contributed by atoms with E-state index < -0.39 is 17.9 Å². The van der Waals surface area contributed by atoms with Crippen LogP contribution < -0.4 is 9.47 Å². The molecule has 0 aliphatic carbocycles. The lowest BCUT2D eigenvalue weighted by Gasteiger charge is -2.20. The predicted octanol–water partition coefficient (Wildman–Crippen LogP) is 6.44. The molecule has 6 nitrogen and oxygen atoms in total. The van der Waals surface area contributed by atoms with Gasteiger partial charge in [-0.05, 0) is 37.6 Å². The maximum absolute atomic E-state index is 12.6. The zero-order valence-corrected chi connectivity index (χ0v) is 21.7. The van der Waals surface area contributed by atoms with Crippen LogP contribution >= 0.6 is 23.2 Å². The molecule has 36 heavy (non-hydrogen) atoms. The molecular formula is C28H28Cl2O6. The van der Waals surface area contributed by atoms with Crippen LogP contribution in [0.1, 0.15) is 30.5 Å². The molecule has 0 saturated carbocycles. The molecule has 0 heterocycles. The van der Waals surface area contributed by atoms with Crippen molar-refractivity contribution in [2.45, 2.75) is 33.5 Å². The lowest BCUT2D eigenvalue weighted by atomic mass is 9.98. The van der Waals surface area contributed by atoms with Gasteiger partial charge in [-0.1, -0.05) is 71.7 Å². The largest absolute Gasteiger partial charge is 0.485 e. The van der Waals surface area contributed by atoms with Crippen molar-refractivity contribution in [1.82, 2.24) is 0 Å². The molecule has 0 aliphatic heterocycles. The maximum atomic E-state index is 12.6. The summed E-state index contributed by atoms with van der Waals surface area (Å²) in [5.41, 5.74) is 2.17. The molecule has 3 rings (SSSR count). The minimum atomic E-state index is -1.15. The van der Waals surface area contributed by atoms with E-state index in [0.29, 0.717) is 27.1 Å². The van der Waals surface area contributed by atoms with Crippen molar-refractivity contribution in [2.75, 3.05) is 13.2 Å². The van der Waals surface area contributed by atoms with Gasteiger partial charge in [0.15, 0.2) is 17.4 Å². The van der Waals surface area contributed by atoms with E-state index in [0.717, 1.165) is 11.1 Å². The van der Waals surface area contributed by atoms with E-state index in [-0.39, 0.29) is 32.8 Å². The fourth-order valence-electron chi connectivity index (χ4n) is 3.50. The van der Waals surface area contributed by atoms with Crippen molar-refractivity contribution in [3.8, 4) is 11.5 Å². The Morgan fingerprint density at radius 2 is 1.19 bits per heavy atom. The number of benzene rings is 3. The Morgan fingerprint density at radius 1 is 0.694 bits per heavy atom. The highest BCUT2D eigenvalue weighted by molar-refractivity contribution is 6.31. The van der Waals surface area contributed by atoms with Crippen LogP contribution in [-0.4, -0.2) is 25.2 Å². The standard InChI is InChI=1S/C28H28Cl2O6/c1-3-33-27(31)22(28(32)34-4-2)16-19-12-9-15-25(35-17-20-10-5-7-13-23(20)29)26(19)36-18-21-11-6-8-14-24(21)30/h5-15,22H,3-4,16-18H2,1-2H3. The van der Waals surface area contributed by atoms with E-state index in [1.807, 2.05) is 36.4 Å². The van der Waals surface area contributed by atoms with Crippen molar-refractivity contribution in [1.29, 1.82) is 0 Å². The Balaban J connectivity index is 1.94. The highest BCUT2D eigenvalue weighted by atomic mass is 35.5. The van der Waals surface area contributed by atoms with Crippen LogP contribution in [0, 0.1) is 5.92 Å². The van der Waals surface area contributed by atoms with Crippen molar-refractivity contribution < 1.29 is 28.5 Å². The Kier molecular flexibility index (Phi) is 10.5. The number of para-hydroxylation sites is 1. The number of hydrogen-bond donors (Lipinski definition) is 0. The van der Waals surface area contributed by atoms with E-state index in [1.54, 1.807) is 44.2 Å². The fourth-order valence-corrected chi connectivity index (χ4v) is 3.88. The normalized spacial score (nSPS) is 10.7. The molecule has 0 unspecified atom stereocenters. The van der Waals surface area contributed by atoms with Crippen molar-refractivity contribution in [2.24, 2.45) is 5.92 Å². The second kappa shape index (κ2) is 13.8. The molecule has 0 amide bonds. The van der Waals surface area contributed by atoms with Gasteiger partial charge in [0.05, 0.1) is 13.2 Å². The van der Waals surface area contributed by atoms with Crippen LogP contribution in [0.15, 0.2) is 66.7 Å². The number of hydrogen-bond acceptors (Lipinski definition) is 6. The number of halogens is 2. The molecule has 8 heteroatoms. The molecule has 0 fully saturated rings. The van der Waals surface area contributed by atoms with Gasteiger partial charge in [-0.15, -0.1) is 0 Å². The van der Waals surface area contributed by atoms with Crippen LogP contribution in [-0.2, 0) is 38.7 Å². The highest BCUT2D eigenvalue weighted by Crippen LogP contribution is 2.35. The highest BCUT2D eigenvalue weighted by Gasteiger charge is 2.31. The quantitative estimate of drug-likeness (QED) is 0.198. The zero-order valence-electron chi connectivity index (χ0n) is 20.2. The summed E-state index contributed by atoms with van der Waals surface area (Å²) in [5, 5.41) is 1.14. The van der Waals surface area contributed by atoms with Crippen LogP contribution in [0.2, 0.25) is 10.0 Å². The van der Waals surface area contributed by atoms with Crippen molar-refractivity contribution in [3.63, 3.8) is 0 Å². The molecule has 0 radical (unpaired) electrons. The lowest BCUT2D eigenvalue weighted by Crippen LogP contribution is -2.30. The molecule has 0 aromatic heterocycles. The molecule has 3 aromatic rings. The first-order valence-corrected chi connectivity index (χ1v) is 12.4. The van der Waals surface area contributed by atoms with Crippen LogP contribution in [0.25, 0.3) is 0 Å². The first-order valence-electron chi connectivity index (χ1n) is 11.6. The average Bonchev–Trinajstić information content (AvgIpc) is 2.87. The molecule has 0 saturated heterocycles. The lowest BCUT2D eigenvalue weighted by molar-refractivity contribution is -0.161. The van der Waals surface area contributed by atoms with Gasteiger partial charge >= 0.3 is 11.9 Å². The molecule has 3 aromatic carbocycles. The fraction of sp³-hybridized carbons (Fsp3) is 0.286. The number of carbonyl (C=O) groups is 2. The maximum Gasteiger partial charge on any atom is 0.320 e. The number of carbonyl (C=O) groups excluding carboxylic acids is 2. The second-order valence-corrected chi connectivity index (χ2v) is 8.58. The Hall–Kier alpha value is -3.22.